The Balaban J connectivity index is 2.17. The summed E-state index contributed by atoms with van der Waals surface area (Å²) in [5.41, 5.74) is 0. The van der Waals surface area contributed by atoms with Crippen molar-refractivity contribution < 1.29 is 4.74 Å². The minimum absolute atomic E-state index is 0.487. The van der Waals surface area contributed by atoms with Crippen LogP contribution in [0.25, 0.3) is 0 Å². The van der Waals surface area contributed by atoms with E-state index in [0.717, 1.165) is 19.1 Å². The summed E-state index contributed by atoms with van der Waals surface area (Å²) in [6, 6.07) is 0.487. The van der Waals surface area contributed by atoms with Crippen molar-refractivity contribution in [1.29, 1.82) is 0 Å². The summed E-state index contributed by atoms with van der Waals surface area (Å²) in [5, 5.41) is 3.64. The average molecular weight is 242 g/mol. The molecule has 0 aliphatic carbocycles. The third-order valence-electron chi connectivity index (χ3n) is 3.65. The van der Waals surface area contributed by atoms with Crippen LogP contribution in [0.4, 0.5) is 0 Å². The maximum Gasteiger partial charge on any atom is 0.0618 e. The molecule has 1 N–H and O–H groups in total. The smallest absolute Gasteiger partial charge is 0.0618 e. The number of ether oxygens (including phenoxy) is 1. The third kappa shape index (κ3) is 5.84. The summed E-state index contributed by atoms with van der Waals surface area (Å²) in [5.74, 6) is 1.36. The van der Waals surface area contributed by atoms with E-state index in [1.54, 1.807) is 7.11 Å². The van der Waals surface area contributed by atoms with Crippen LogP contribution in [0.2, 0.25) is 0 Å². The summed E-state index contributed by atoms with van der Waals surface area (Å²) in [7, 11) is 1.78. The zero-order chi connectivity index (χ0) is 12.7. The highest BCUT2D eigenvalue weighted by atomic mass is 16.5. The van der Waals surface area contributed by atoms with Gasteiger partial charge in [0.2, 0.25) is 0 Å². The minimum Gasteiger partial charge on any atom is -0.383 e. The highest BCUT2D eigenvalue weighted by Gasteiger charge is 2.17. The summed E-state index contributed by atoms with van der Waals surface area (Å²) in [6.07, 6.45) is 2.77. The maximum atomic E-state index is 5.26. The van der Waals surface area contributed by atoms with Crippen LogP contribution in [0.5, 0.6) is 0 Å². The van der Waals surface area contributed by atoms with Crippen LogP contribution in [0, 0.1) is 11.8 Å². The average Bonchev–Trinajstić information content (AvgIpc) is 2.76. The topological polar surface area (TPSA) is 24.5 Å². The molecule has 3 nitrogen and oxygen atoms in total. The molecule has 1 aliphatic rings. The first-order valence-corrected chi connectivity index (χ1v) is 7.08. The molecule has 102 valence electrons. The van der Waals surface area contributed by atoms with Gasteiger partial charge in [-0.15, -0.1) is 0 Å². The van der Waals surface area contributed by atoms with Crippen molar-refractivity contribution in [2.45, 2.75) is 39.7 Å². The highest BCUT2D eigenvalue weighted by Crippen LogP contribution is 2.10. The molecule has 17 heavy (non-hydrogen) atoms. The predicted molar refractivity (Wildman–Crippen MR) is 73.3 cm³/mol. The van der Waals surface area contributed by atoms with E-state index in [9.17, 15) is 0 Å². The van der Waals surface area contributed by atoms with Gasteiger partial charge in [0.25, 0.3) is 0 Å². The van der Waals surface area contributed by atoms with Crippen molar-refractivity contribution in [3.8, 4) is 0 Å². The second-order valence-corrected chi connectivity index (χ2v) is 5.83. The quantitative estimate of drug-likeness (QED) is 0.704. The van der Waals surface area contributed by atoms with Crippen molar-refractivity contribution in [3.63, 3.8) is 0 Å². The van der Waals surface area contributed by atoms with E-state index in [1.165, 1.54) is 32.5 Å². The number of nitrogens with zero attached hydrogens (tertiary/aromatic N) is 1. The Hall–Kier alpha value is -0.120. The lowest BCUT2D eigenvalue weighted by atomic mass is 10.0. The monoisotopic (exact) mass is 242 g/mol. The van der Waals surface area contributed by atoms with E-state index in [2.05, 4.69) is 31.0 Å². The van der Waals surface area contributed by atoms with Gasteiger partial charge >= 0.3 is 0 Å². The van der Waals surface area contributed by atoms with Crippen LogP contribution >= 0.6 is 0 Å². The van der Waals surface area contributed by atoms with Gasteiger partial charge in [-0.2, -0.15) is 0 Å². The van der Waals surface area contributed by atoms with Crippen molar-refractivity contribution >= 4 is 0 Å². The number of likely N-dealkylation sites (tertiary alicyclic amines) is 1. The Morgan fingerprint density at radius 1 is 1.18 bits per heavy atom. The van der Waals surface area contributed by atoms with Crippen molar-refractivity contribution in [2.24, 2.45) is 11.8 Å². The number of hydrogen-bond donors (Lipinski definition) is 1. The first-order valence-electron chi connectivity index (χ1n) is 7.08. The molecule has 0 aromatic heterocycles. The zero-order valence-electron chi connectivity index (χ0n) is 12.0. The third-order valence-corrected chi connectivity index (χ3v) is 3.65. The summed E-state index contributed by atoms with van der Waals surface area (Å²) < 4.78 is 5.26. The Kier molecular flexibility index (Phi) is 7.09. The van der Waals surface area contributed by atoms with E-state index < -0.39 is 0 Å². The van der Waals surface area contributed by atoms with Crippen molar-refractivity contribution in [2.75, 3.05) is 39.9 Å². The number of rotatable bonds is 8. The van der Waals surface area contributed by atoms with E-state index >= 15 is 0 Å². The van der Waals surface area contributed by atoms with Gasteiger partial charge in [-0.25, -0.2) is 0 Å². The Morgan fingerprint density at radius 3 is 2.35 bits per heavy atom. The molecule has 1 aliphatic heterocycles. The first kappa shape index (κ1) is 14.9. The van der Waals surface area contributed by atoms with Gasteiger partial charge in [0.15, 0.2) is 0 Å². The molecule has 0 saturated carbocycles. The molecule has 0 spiro atoms. The molecular weight excluding hydrogens is 212 g/mol. The Morgan fingerprint density at radius 2 is 1.82 bits per heavy atom. The van der Waals surface area contributed by atoms with Gasteiger partial charge in [-0.3, -0.25) is 0 Å². The molecule has 0 radical (unpaired) electrons. The molecule has 0 aromatic rings. The molecule has 3 heteroatoms. The second kappa shape index (κ2) is 8.06. The van der Waals surface area contributed by atoms with Gasteiger partial charge in [-0.05, 0) is 44.3 Å². The van der Waals surface area contributed by atoms with Gasteiger partial charge in [-0.1, -0.05) is 20.8 Å². The molecule has 2 atom stereocenters. The van der Waals surface area contributed by atoms with Crippen LogP contribution in [0.15, 0.2) is 0 Å². The van der Waals surface area contributed by atoms with Gasteiger partial charge < -0.3 is 15.0 Å². The summed E-state index contributed by atoms with van der Waals surface area (Å²) in [6.45, 7) is 12.6. The van der Waals surface area contributed by atoms with Crippen LogP contribution in [0.1, 0.15) is 33.6 Å². The van der Waals surface area contributed by atoms with Crippen LogP contribution < -0.4 is 5.32 Å². The number of methoxy groups -OCH3 is 1. The lowest BCUT2D eigenvalue weighted by molar-refractivity contribution is 0.143. The fourth-order valence-electron chi connectivity index (χ4n) is 2.49. The summed E-state index contributed by atoms with van der Waals surface area (Å²) in [4.78, 5) is 2.59. The standard InChI is InChI=1S/C14H30N2O/c1-12(2)14(11-17-4)15-9-13(3)10-16-7-5-6-8-16/h12-15H,5-11H2,1-4H3. The van der Waals surface area contributed by atoms with Crippen molar-refractivity contribution in [3.05, 3.63) is 0 Å². The zero-order valence-corrected chi connectivity index (χ0v) is 12.0. The maximum absolute atomic E-state index is 5.26. The van der Waals surface area contributed by atoms with Crippen LogP contribution in [-0.2, 0) is 4.74 Å². The molecular formula is C14H30N2O. The van der Waals surface area contributed by atoms with E-state index in [1.807, 2.05) is 0 Å². The summed E-state index contributed by atoms with van der Waals surface area (Å²) >= 11 is 0. The highest BCUT2D eigenvalue weighted by molar-refractivity contribution is 4.74. The fourth-order valence-corrected chi connectivity index (χ4v) is 2.49. The molecule has 1 saturated heterocycles. The molecule has 0 amide bonds. The molecule has 1 heterocycles. The SMILES string of the molecule is COCC(NCC(C)CN1CCCC1)C(C)C. The molecule has 1 rings (SSSR count). The Labute approximate surface area is 107 Å². The normalized spacial score (nSPS) is 21.0. The predicted octanol–water partition coefficient (Wildman–Crippen LogP) is 1.98. The minimum atomic E-state index is 0.487. The molecule has 1 fully saturated rings. The van der Waals surface area contributed by atoms with E-state index in [0.29, 0.717) is 12.0 Å². The lowest BCUT2D eigenvalue weighted by Crippen LogP contribution is -2.41. The second-order valence-electron chi connectivity index (χ2n) is 5.83. The van der Waals surface area contributed by atoms with Gasteiger partial charge in [0.1, 0.15) is 0 Å². The fraction of sp³-hybridized carbons (Fsp3) is 1.00. The van der Waals surface area contributed by atoms with Crippen molar-refractivity contribution in [1.82, 2.24) is 10.2 Å². The largest absolute Gasteiger partial charge is 0.383 e. The van der Waals surface area contributed by atoms with Gasteiger partial charge in [0, 0.05) is 19.7 Å². The first-order chi connectivity index (χ1) is 8.13. The Bertz CT molecular complexity index is 191. The molecule has 0 aromatic carbocycles. The van der Waals surface area contributed by atoms with Crippen LogP contribution in [-0.4, -0.2) is 50.8 Å². The van der Waals surface area contributed by atoms with Crippen LogP contribution in [0.3, 0.4) is 0 Å². The van der Waals surface area contributed by atoms with E-state index in [-0.39, 0.29) is 0 Å². The van der Waals surface area contributed by atoms with Gasteiger partial charge in [0.05, 0.1) is 6.61 Å². The molecule has 0 bridgehead atoms. The van der Waals surface area contributed by atoms with E-state index in [4.69, 9.17) is 4.74 Å². The number of nitrogens with one attached hydrogen (secondary N) is 1. The molecule has 2 unspecified atom stereocenters. The number of hydrogen-bond acceptors (Lipinski definition) is 3. The lowest BCUT2D eigenvalue weighted by Gasteiger charge is -2.25.